The molecule has 0 aliphatic carbocycles. The third-order valence-electron chi connectivity index (χ3n) is 3.18. The first-order valence-electron chi connectivity index (χ1n) is 5.37. The topological polar surface area (TPSA) is 58.6 Å². The number of nitrogens with one attached hydrogen (secondary N) is 1. The Morgan fingerprint density at radius 2 is 2.14 bits per heavy atom. The zero-order valence-corrected chi connectivity index (χ0v) is 8.29. The molecule has 2 saturated heterocycles. The predicted octanol–water partition coefficient (Wildman–Crippen LogP) is 0.316. The highest BCUT2D eigenvalue weighted by Crippen LogP contribution is 2.29. The average Bonchev–Trinajstić information content (AvgIpc) is 2.60. The van der Waals surface area contributed by atoms with Crippen LogP contribution < -0.4 is 5.32 Å². The molecule has 2 aliphatic heterocycles. The zero-order chi connectivity index (χ0) is 10.0. The van der Waals surface area contributed by atoms with Gasteiger partial charge >= 0.3 is 13.1 Å². The van der Waals surface area contributed by atoms with Crippen LogP contribution in [-0.4, -0.2) is 30.2 Å². The summed E-state index contributed by atoms with van der Waals surface area (Å²) in [5, 5.41) is 12.6. The molecule has 2 heterocycles. The molecule has 5 heteroatoms. The summed E-state index contributed by atoms with van der Waals surface area (Å²) in [6.45, 7) is 0.880. The third-order valence-corrected chi connectivity index (χ3v) is 3.18. The molecule has 2 aliphatic rings. The van der Waals surface area contributed by atoms with E-state index < -0.39 is 12.7 Å². The van der Waals surface area contributed by atoms with E-state index in [1.54, 1.807) is 0 Å². The van der Waals surface area contributed by atoms with Crippen molar-refractivity contribution in [3.05, 3.63) is 0 Å². The molecule has 14 heavy (non-hydrogen) atoms. The smallest absolute Gasteiger partial charge is 0.508 e. The van der Waals surface area contributed by atoms with E-state index in [1.807, 2.05) is 0 Å². The highest BCUT2D eigenvalue weighted by Gasteiger charge is 2.44. The summed E-state index contributed by atoms with van der Waals surface area (Å²) >= 11 is 0. The van der Waals surface area contributed by atoms with Crippen LogP contribution in [0.2, 0.25) is 6.32 Å². The third kappa shape index (κ3) is 1.79. The van der Waals surface area contributed by atoms with Gasteiger partial charge in [0.15, 0.2) is 0 Å². The van der Waals surface area contributed by atoms with Crippen LogP contribution in [0.3, 0.4) is 0 Å². The Bertz CT molecular complexity index is 228. The van der Waals surface area contributed by atoms with Crippen LogP contribution in [0.4, 0.5) is 0 Å². The van der Waals surface area contributed by atoms with Gasteiger partial charge in [-0.2, -0.15) is 0 Å². The number of carbonyl (C=O) groups excluding carboxylic acids is 1. The van der Waals surface area contributed by atoms with Gasteiger partial charge in [0.2, 0.25) is 0 Å². The molecule has 0 radical (unpaired) electrons. The minimum atomic E-state index is -0.901. The SMILES string of the molecule is O=C1OB(O)CCCC[C@@]12CCCN2. The Hall–Kier alpha value is -0.545. The van der Waals surface area contributed by atoms with Crippen molar-refractivity contribution in [1.29, 1.82) is 0 Å². The van der Waals surface area contributed by atoms with E-state index in [9.17, 15) is 9.82 Å². The van der Waals surface area contributed by atoms with Crippen molar-refractivity contribution in [2.45, 2.75) is 44.0 Å². The molecule has 1 spiro atoms. The molecule has 1 atom stereocenters. The van der Waals surface area contributed by atoms with E-state index in [0.29, 0.717) is 6.32 Å². The van der Waals surface area contributed by atoms with Crippen LogP contribution in [0, 0.1) is 0 Å². The molecule has 0 aromatic rings. The summed E-state index contributed by atoms with van der Waals surface area (Å²) in [6.07, 6.45) is 5.20. The molecule has 2 fully saturated rings. The van der Waals surface area contributed by atoms with Gasteiger partial charge in [-0.05, 0) is 32.1 Å². The fourth-order valence-corrected chi connectivity index (χ4v) is 2.34. The maximum absolute atomic E-state index is 11.8. The largest absolute Gasteiger partial charge is 0.524 e. The lowest BCUT2D eigenvalue weighted by Crippen LogP contribution is -2.51. The number of hydrogen-bond donors (Lipinski definition) is 2. The maximum atomic E-state index is 11.8. The van der Waals surface area contributed by atoms with Crippen molar-refractivity contribution >= 4 is 13.1 Å². The van der Waals surface area contributed by atoms with Crippen LogP contribution >= 0.6 is 0 Å². The van der Waals surface area contributed by atoms with Crippen molar-refractivity contribution in [3.8, 4) is 0 Å². The lowest BCUT2D eigenvalue weighted by Gasteiger charge is -2.30. The fourth-order valence-electron chi connectivity index (χ4n) is 2.34. The molecule has 2 N–H and O–H groups in total. The second-order valence-corrected chi connectivity index (χ2v) is 4.22. The Morgan fingerprint density at radius 1 is 1.36 bits per heavy atom. The Morgan fingerprint density at radius 3 is 2.86 bits per heavy atom. The molecular weight excluding hydrogens is 181 g/mol. The summed E-state index contributed by atoms with van der Waals surface area (Å²) in [4.78, 5) is 11.8. The monoisotopic (exact) mass is 197 g/mol. The maximum Gasteiger partial charge on any atom is 0.524 e. The van der Waals surface area contributed by atoms with Gasteiger partial charge in [-0.15, -0.1) is 0 Å². The summed E-state index contributed by atoms with van der Waals surface area (Å²) in [7, 11) is -0.901. The van der Waals surface area contributed by atoms with E-state index in [-0.39, 0.29) is 5.97 Å². The van der Waals surface area contributed by atoms with Crippen molar-refractivity contribution < 1.29 is 14.5 Å². The van der Waals surface area contributed by atoms with E-state index >= 15 is 0 Å². The van der Waals surface area contributed by atoms with Gasteiger partial charge in [0, 0.05) is 0 Å². The summed E-state index contributed by atoms with van der Waals surface area (Å²) in [6, 6.07) is 0. The second-order valence-electron chi connectivity index (χ2n) is 4.22. The van der Waals surface area contributed by atoms with E-state index in [2.05, 4.69) is 5.32 Å². The molecule has 0 aromatic heterocycles. The number of hydrogen-bond acceptors (Lipinski definition) is 4. The standard InChI is InChI=1S/C9H16BNO3/c12-8-9(5-3-7-11-9)4-1-2-6-10(13)14-8/h11,13H,1-7H2/t9-/m1/s1. The first-order valence-corrected chi connectivity index (χ1v) is 5.37. The van der Waals surface area contributed by atoms with Crippen molar-refractivity contribution in [2.75, 3.05) is 6.54 Å². The molecular formula is C9H16BNO3. The first kappa shape index (κ1) is 9.99. The van der Waals surface area contributed by atoms with Gasteiger partial charge in [0.25, 0.3) is 0 Å². The van der Waals surface area contributed by atoms with Gasteiger partial charge in [0.05, 0.1) is 0 Å². The van der Waals surface area contributed by atoms with Gasteiger partial charge in [-0.1, -0.05) is 12.8 Å². The highest BCUT2D eigenvalue weighted by molar-refractivity contribution is 6.45. The molecule has 4 nitrogen and oxygen atoms in total. The molecule has 0 amide bonds. The Kier molecular flexibility index (Phi) is 2.79. The van der Waals surface area contributed by atoms with Crippen LogP contribution in [0.5, 0.6) is 0 Å². The second kappa shape index (κ2) is 3.91. The minimum Gasteiger partial charge on any atom is -0.508 e. The highest BCUT2D eigenvalue weighted by atomic mass is 16.6. The minimum absolute atomic E-state index is 0.262. The van der Waals surface area contributed by atoms with E-state index in [1.165, 1.54) is 0 Å². The Balaban J connectivity index is 2.09. The Labute approximate surface area is 84.2 Å². The average molecular weight is 197 g/mol. The van der Waals surface area contributed by atoms with E-state index in [4.69, 9.17) is 4.65 Å². The fraction of sp³-hybridized carbons (Fsp3) is 0.889. The summed E-state index contributed by atoms with van der Waals surface area (Å²) in [5.74, 6) is -0.262. The van der Waals surface area contributed by atoms with Crippen LogP contribution in [0.25, 0.3) is 0 Å². The van der Waals surface area contributed by atoms with Crippen molar-refractivity contribution in [1.82, 2.24) is 5.32 Å². The normalized spacial score (nSPS) is 34.1. The van der Waals surface area contributed by atoms with Gasteiger partial charge in [-0.25, -0.2) is 0 Å². The van der Waals surface area contributed by atoms with Gasteiger partial charge in [0.1, 0.15) is 5.54 Å². The predicted molar refractivity (Wildman–Crippen MR) is 52.7 cm³/mol. The van der Waals surface area contributed by atoms with Gasteiger partial charge < -0.3 is 15.0 Å². The zero-order valence-electron chi connectivity index (χ0n) is 8.29. The van der Waals surface area contributed by atoms with Crippen molar-refractivity contribution in [3.63, 3.8) is 0 Å². The first-order chi connectivity index (χ1) is 6.73. The molecule has 2 rings (SSSR count). The lowest BCUT2D eigenvalue weighted by molar-refractivity contribution is -0.143. The summed E-state index contributed by atoms with van der Waals surface area (Å²) in [5.41, 5.74) is -0.485. The van der Waals surface area contributed by atoms with Crippen molar-refractivity contribution in [2.24, 2.45) is 0 Å². The van der Waals surface area contributed by atoms with E-state index in [0.717, 1.165) is 38.6 Å². The van der Waals surface area contributed by atoms with Gasteiger partial charge in [-0.3, -0.25) is 4.79 Å². The molecule has 0 saturated carbocycles. The number of carbonyl (C=O) groups is 1. The quantitative estimate of drug-likeness (QED) is 0.549. The number of rotatable bonds is 0. The lowest BCUT2D eigenvalue weighted by atomic mass is 9.78. The molecule has 0 unspecified atom stereocenters. The van der Waals surface area contributed by atoms with Crippen LogP contribution in [-0.2, 0) is 9.45 Å². The van der Waals surface area contributed by atoms with Crippen LogP contribution in [0.1, 0.15) is 32.1 Å². The van der Waals surface area contributed by atoms with Crippen LogP contribution in [0.15, 0.2) is 0 Å². The molecule has 0 bridgehead atoms. The summed E-state index contributed by atoms with van der Waals surface area (Å²) < 4.78 is 4.98. The molecule has 0 aromatic carbocycles. The molecule has 78 valence electrons.